The van der Waals surface area contributed by atoms with Gasteiger partial charge in [-0.05, 0) is 38.0 Å². The normalized spacial score (nSPS) is 25.6. The maximum atomic E-state index is 12.9. The minimum Gasteiger partial charge on any atom is -0.396 e. The monoisotopic (exact) mass is 335 g/mol. The number of nitrogens with zero attached hydrogens (tertiary/aromatic N) is 2. The van der Waals surface area contributed by atoms with Crippen molar-refractivity contribution in [2.45, 2.75) is 59.2 Å². The molecule has 2 aliphatic rings. The molecule has 0 aliphatic carbocycles. The minimum absolute atomic E-state index is 0.0223. The molecule has 134 valence electrons. The van der Waals surface area contributed by atoms with Gasteiger partial charge in [-0.15, -0.1) is 0 Å². The van der Waals surface area contributed by atoms with Crippen LogP contribution in [0.5, 0.6) is 0 Å². The van der Waals surface area contributed by atoms with Crippen molar-refractivity contribution in [1.82, 2.24) is 15.1 Å². The number of piperidine rings is 1. The largest absolute Gasteiger partial charge is 0.396 e. The number of aliphatic hydroxyl groups is 1. The zero-order chi connectivity index (χ0) is 17.5. The van der Waals surface area contributed by atoms with Gasteiger partial charge in [0.25, 0.3) is 5.91 Å². The van der Waals surface area contributed by atoms with E-state index in [9.17, 15) is 9.90 Å². The topological polar surface area (TPSA) is 78.5 Å². The van der Waals surface area contributed by atoms with Gasteiger partial charge in [0.05, 0.1) is 17.9 Å². The molecule has 3 rings (SSSR count). The van der Waals surface area contributed by atoms with Crippen LogP contribution in [0.4, 0.5) is 0 Å². The highest BCUT2D eigenvalue weighted by Crippen LogP contribution is 2.35. The van der Waals surface area contributed by atoms with Gasteiger partial charge < -0.3 is 14.7 Å². The lowest BCUT2D eigenvalue weighted by Crippen LogP contribution is -2.43. The molecule has 2 aliphatic heterocycles. The van der Waals surface area contributed by atoms with Crippen LogP contribution in [0, 0.1) is 11.3 Å². The molecule has 2 N–H and O–H groups in total. The summed E-state index contributed by atoms with van der Waals surface area (Å²) >= 11 is 0. The van der Waals surface area contributed by atoms with Crippen LogP contribution in [0.2, 0.25) is 0 Å². The summed E-state index contributed by atoms with van der Waals surface area (Å²) in [6, 6.07) is 0. The van der Waals surface area contributed by atoms with E-state index in [4.69, 9.17) is 4.74 Å². The highest BCUT2D eigenvalue weighted by molar-refractivity contribution is 5.94. The molecule has 2 atom stereocenters. The molecule has 1 saturated heterocycles. The first-order chi connectivity index (χ1) is 11.3. The summed E-state index contributed by atoms with van der Waals surface area (Å²) in [5.41, 5.74) is 2.44. The van der Waals surface area contributed by atoms with Crippen molar-refractivity contribution in [1.29, 1.82) is 0 Å². The SMILES string of the molecule is C[C@@H]1Cc2c(C(=O)N3CCC(C(C)(C)CO)CC3)n[nH]c2[C@H](C)O1. The van der Waals surface area contributed by atoms with Crippen LogP contribution in [-0.4, -0.2) is 51.9 Å². The van der Waals surface area contributed by atoms with E-state index in [1.54, 1.807) is 0 Å². The summed E-state index contributed by atoms with van der Waals surface area (Å²) in [5.74, 6) is 0.474. The maximum absolute atomic E-state index is 12.9. The zero-order valence-corrected chi connectivity index (χ0v) is 15.1. The smallest absolute Gasteiger partial charge is 0.274 e. The molecule has 24 heavy (non-hydrogen) atoms. The standard InChI is InChI=1S/C18H29N3O3/c1-11-9-14-15(12(2)24-11)19-20-16(14)17(23)21-7-5-13(6-8-21)18(3,4)10-22/h11-13,22H,5-10H2,1-4H3,(H,19,20)/t11-,12+/m1/s1. The lowest BCUT2D eigenvalue weighted by molar-refractivity contribution is -0.00706. The van der Waals surface area contributed by atoms with Gasteiger partial charge in [-0.25, -0.2) is 0 Å². The fourth-order valence-corrected chi connectivity index (χ4v) is 3.99. The predicted molar refractivity (Wildman–Crippen MR) is 90.7 cm³/mol. The van der Waals surface area contributed by atoms with Crippen molar-refractivity contribution < 1.29 is 14.6 Å². The molecule has 1 fully saturated rings. The molecular formula is C18H29N3O3. The van der Waals surface area contributed by atoms with E-state index >= 15 is 0 Å². The molecule has 3 heterocycles. The van der Waals surface area contributed by atoms with Gasteiger partial charge >= 0.3 is 0 Å². The average molecular weight is 335 g/mol. The van der Waals surface area contributed by atoms with Gasteiger partial charge in [0, 0.05) is 31.7 Å². The summed E-state index contributed by atoms with van der Waals surface area (Å²) in [5, 5.41) is 16.9. The Morgan fingerprint density at radius 1 is 1.38 bits per heavy atom. The van der Waals surface area contributed by atoms with E-state index in [-0.39, 0.29) is 30.1 Å². The van der Waals surface area contributed by atoms with Crippen LogP contribution in [0.3, 0.4) is 0 Å². The van der Waals surface area contributed by atoms with E-state index in [1.165, 1.54) is 0 Å². The Morgan fingerprint density at radius 2 is 2.04 bits per heavy atom. The van der Waals surface area contributed by atoms with Crippen molar-refractivity contribution >= 4 is 5.91 Å². The third kappa shape index (κ3) is 3.09. The van der Waals surface area contributed by atoms with Crippen LogP contribution in [0.25, 0.3) is 0 Å². The Morgan fingerprint density at radius 3 is 2.67 bits per heavy atom. The van der Waals surface area contributed by atoms with E-state index in [0.717, 1.165) is 43.6 Å². The quantitative estimate of drug-likeness (QED) is 0.888. The number of hydrogen-bond acceptors (Lipinski definition) is 4. The Balaban J connectivity index is 1.71. The van der Waals surface area contributed by atoms with Crippen LogP contribution in [0.1, 0.15) is 68.4 Å². The van der Waals surface area contributed by atoms with Gasteiger partial charge in [0.15, 0.2) is 5.69 Å². The summed E-state index contributed by atoms with van der Waals surface area (Å²) in [7, 11) is 0. The molecular weight excluding hydrogens is 306 g/mol. The first kappa shape index (κ1) is 17.4. The number of hydrogen-bond donors (Lipinski definition) is 2. The Kier molecular flexibility index (Phi) is 4.71. The third-order valence-electron chi connectivity index (χ3n) is 5.73. The van der Waals surface area contributed by atoms with Crippen molar-refractivity contribution in [3.8, 4) is 0 Å². The van der Waals surface area contributed by atoms with E-state index in [0.29, 0.717) is 11.6 Å². The third-order valence-corrected chi connectivity index (χ3v) is 5.73. The molecule has 1 aromatic heterocycles. The summed E-state index contributed by atoms with van der Waals surface area (Å²) < 4.78 is 5.80. The molecule has 0 bridgehead atoms. The van der Waals surface area contributed by atoms with Gasteiger partial charge in [-0.2, -0.15) is 5.10 Å². The van der Waals surface area contributed by atoms with Gasteiger partial charge in [0.1, 0.15) is 0 Å². The number of aliphatic hydroxyl groups excluding tert-OH is 1. The Bertz CT molecular complexity index is 603. The minimum atomic E-state index is -0.0805. The highest BCUT2D eigenvalue weighted by atomic mass is 16.5. The van der Waals surface area contributed by atoms with Crippen molar-refractivity contribution in [3.63, 3.8) is 0 Å². The number of carbonyl (C=O) groups excluding carboxylic acids is 1. The molecule has 0 aromatic carbocycles. The first-order valence-electron chi connectivity index (χ1n) is 8.96. The number of carbonyl (C=O) groups is 1. The average Bonchev–Trinajstić information content (AvgIpc) is 2.98. The predicted octanol–water partition coefficient (Wildman–Crippen LogP) is 2.30. The highest BCUT2D eigenvalue weighted by Gasteiger charge is 2.36. The number of aromatic amines is 1. The van der Waals surface area contributed by atoms with Crippen molar-refractivity contribution in [2.24, 2.45) is 11.3 Å². The number of rotatable bonds is 3. The van der Waals surface area contributed by atoms with Crippen LogP contribution in [-0.2, 0) is 11.2 Å². The molecule has 0 unspecified atom stereocenters. The fourth-order valence-electron chi connectivity index (χ4n) is 3.99. The number of ether oxygens (including phenoxy) is 1. The Labute approximate surface area is 143 Å². The number of fused-ring (bicyclic) bond motifs is 1. The second-order valence-electron chi connectivity index (χ2n) is 7.97. The van der Waals surface area contributed by atoms with Crippen LogP contribution >= 0.6 is 0 Å². The first-order valence-corrected chi connectivity index (χ1v) is 8.96. The summed E-state index contributed by atoms with van der Waals surface area (Å²) in [6.07, 6.45) is 2.65. The molecule has 0 spiro atoms. The van der Waals surface area contributed by atoms with Crippen LogP contribution in [0.15, 0.2) is 0 Å². The number of aromatic nitrogens is 2. The van der Waals surface area contributed by atoms with Crippen LogP contribution < -0.4 is 0 Å². The van der Waals surface area contributed by atoms with E-state index in [2.05, 4.69) is 24.0 Å². The second kappa shape index (κ2) is 6.48. The lowest BCUT2D eigenvalue weighted by atomic mass is 9.74. The van der Waals surface area contributed by atoms with Crippen molar-refractivity contribution in [2.75, 3.05) is 19.7 Å². The lowest BCUT2D eigenvalue weighted by Gasteiger charge is -2.39. The van der Waals surface area contributed by atoms with E-state index in [1.807, 2.05) is 18.7 Å². The van der Waals surface area contributed by atoms with E-state index < -0.39 is 0 Å². The molecule has 1 aromatic rings. The number of nitrogens with one attached hydrogen (secondary N) is 1. The molecule has 1 amide bonds. The maximum Gasteiger partial charge on any atom is 0.274 e. The zero-order valence-electron chi connectivity index (χ0n) is 15.1. The molecule has 0 radical (unpaired) electrons. The number of likely N-dealkylation sites (tertiary alicyclic amines) is 1. The number of H-pyrrole nitrogens is 1. The number of amides is 1. The summed E-state index contributed by atoms with van der Waals surface area (Å²) in [4.78, 5) is 14.8. The van der Waals surface area contributed by atoms with Crippen molar-refractivity contribution in [3.05, 3.63) is 17.0 Å². The van der Waals surface area contributed by atoms with Gasteiger partial charge in [0.2, 0.25) is 0 Å². The molecule has 0 saturated carbocycles. The van der Waals surface area contributed by atoms with Gasteiger partial charge in [-0.3, -0.25) is 9.89 Å². The molecule has 6 heteroatoms. The Hall–Kier alpha value is -1.40. The fraction of sp³-hybridized carbons (Fsp3) is 0.778. The second-order valence-corrected chi connectivity index (χ2v) is 7.97. The molecule has 6 nitrogen and oxygen atoms in total. The van der Waals surface area contributed by atoms with Gasteiger partial charge in [-0.1, -0.05) is 13.8 Å². The summed E-state index contributed by atoms with van der Waals surface area (Å²) in [6.45, 7) is 9.87.